The summed E-state index contributed by atoms with van der Waals surface area (Å²) in [5.74, 6) is -0.333. The topological polar surface area (TPSA) is 26.3 Å². The molecule has 0 bridgehead atoms. The van der Waals surface area contributed by atoms with Gasteiger partial charge >= 0.3 is 5.97 Å². The van der Waals surface area contributed by atoms with Crippen molar-refractivity contribution >= 4 is 39.2 Å². The average Bonchev–Trinajstić information content (AvgIpc) is 3.36. The molecule has 2 nitrogen and oxygen atoms in total. The molecule has 0 N–H and O–H groups in total. The van der Waals surface area contributed by atoms with Crippen LogP contribution in [0.4, 0.5) is 0 Å². The normalized spacial score (nSPS) is 12.1. The van der Waals surface area contributed by atoms with Crippen molar-refractivity contribution in [1.29, 1.82) is 0 Å². The molecule has 1 aliphatic carbocycles. The first kappa shape index (κ1) is 22.3. The highest BCUT2D eigenvalue weighted by atomic mass is 16.5. The van der Waals surface area contributed by atoms with Crippen LogP contribution in [0.15, 0.2) is 121 Å². The number of methoxy groups -OCH3 is 1. The van der Waals surface area contributed by atoms with E-state index in [-0.39, 0.29) is 5.97 Å². The lowest BCUT2D eigenvalue weighted by atomic mass is 9.88. The van der Waals surface area contributed by atoms with Gasteiger partial charge in [0.15, 0.2) is 0 Å². The molecule has 0 radical (unpaired) electrons. The Morgan fingerprint density at radius 1 is 0.579 bits per heavy atom. The number of carbonyl (C=O) groups excluding carboxylic acids is 1. The molecule has 7 rings (SSSR count). The van der Waals surface area contributed by atoms with Crippen LogP contribution >= 0.6 is 0 Å². The Balaban J connectivity index is 1.45. The van der Waals surface area contributed by atoms with Gasteiger partial charge in [-0.05, 0) is 84.3 Å². The Hall–Kier alpha value is -4.95. The van der Waals surface area contributed by atoms with Crippen molar-refractivity contribution in [1.82, 2.24) is 0 Å². The van der Waals surface area contributed by atoms with Gasteiger partial charge in [0.1, 0.15) is 0 Å². The fourth-order valence-corrected chi connectivity index (χ4v) is 5.81. The molecular weight excluding hydrogens is 464 g/mol. The molecule has 0 atom stereocenters. The lowest BCUT2D eigenvalue weighted by molar-refractivity contribution is 0.0600. The largest absolute Gasteiger partial charge is 0.465 e. The molecule has 6 aromatic rings. The summed E-state index contributed by atoms with van der Waals surface area (Å²) in [6.07, 6.45) is 2.19. The highest BCUT2D eigenvalue weighted by molar-refractivity contribution is 6.15. The molecule has 0 aliphatic heterocycles. The van der Waals surface area contributed by atoms with E-state index >= 15 is 0 Å². The van der Waals surface area contributed by atoms with E-state index in [4.69, 9.17) is 4.74 Å². The fourth-order valence-electron chi connectivity index (χ4n) is 5.81. The standard InChI is InChI=1S/C36H24O2/c1-38-36(37)32-18-17-25(21-34(32)33-22-26-13-7-11-24-12-8-16-31(33)35(24)26)28-20-19-27(23-9-3-2-4-10-23)29-14-5-6-15-30(28)29/h2-22H,1H3. The Kier molecular flexibility index (Phi) is 5.19. The molecule has 38 heavy (non-hydrogen) atoms. The molecule has 0 spiro atoms. The van der Waals surface area contributed by atoms with Gasteiger partial charge in [0.25, 0.3) is 0 Å². The number of hydrogen-bond acceptors (Lipinski definition) is 2. The predicted molar refractivity (Wildman–Crippen MR) is 157 cm³/mol. The molecule has 180 valence electrons. The van der Waals surface area contributed by atoms with Crippen molar-refractivity contribution < 1.29 is 9.53 Å². The minimum Gasteiger partial charge on any atom is -0.465 e. The quantitative estimate of drug-likeness (QED) is 0.231. The van der Waals surface area contributed by atoms with Crippen molar-refractivity contribution in [3.05, 3.63) is 144 Å². The molecule has 0 aromatic heterocycles. The highest BCUT2D eigenvalue weighted by Crippen LogP contribution is 2.43. The molecule has 0 amide bonds. The van der Waals surface area contributed by atoms with Gasteiger partial charge in [-0.3, -0.25) is 0 Å². The molecule has 0 heterocycles. The van der Waals surface area contributed by atoms with Crippen LogP contribution in [0.5, 0.6) is 0 Å². The zero-order valence-electron chi connectivity index (χ0n) is 20.9. The third-order valence-electron chi connectivity index (χ3n) is 7.56. The minimum atomic E-state index is -0.333. The van der Waals surface area contributed by atoms with Crippen LogP contribution in [-0.2, 0) is 4.74 Å². The molecule has 0 unspecified atom stereocenters. The maximum absolute atomic E-state index is 12.9. The molecular formula is C36H24O2. The Morgan fingerprint density at radius 3 is 2.00 bits per heavy atom. The van der Waals surface area contributed by atoms with Crippen LogP contribution in [0.3, 0.4) is 0 Å². The van der Waals surface area contributed by atoms with Gasteiger partial charge in [0, 0.05) is 0 Å². The van der Waals surface area contributed by atoms with E-state index in [0.29, 0.717) is 5.56 Å². The van der Waals surface area contributed by atoms with Gasteiger partial charge in [-0.2, -0.15) is 0 Å². The summed E-state index contributed by atoms with van der Waals surface area (Å²) in [5.41, 5.74) is 9.41. The number of ether oxygens (including phenoxy) is 1. The Morgan fingerprint density at radius 2 is 1.26 bits per heavy atom. The van der Waals surface area contributed by atoms with Crippen molar-refractivity contribution in [2.45, 2.75) is 0 Å². The lowest BCUT2D eigenvalue weighted by Gasteiger charge is -2.16. The SMILES string of the molecule is COC(=O)c1ccc(-c2ccc(-c3ccccc3)c3ccccc23)cc1C1=Cc2cccc3cccc1c23. The first-order valence-corrected chi connectivity index (χ1v) is 12.8. The van der Waals surface area contributed by atoms with Crippen LogP contribution < -0.4 is 0 Å². The maximum Gasteiger partial charge on any atom is 0.338 e. The summed E-state index contributed by atoms with van der Waals surface area (Å²) in [4.78, 5) is 12.9. The first-order valence-electron chi connectivity index (χ1n) is 12.8. The third-order valence-corrected chi connectivity index (χ3v) is 7.56. The van der Waals surface area contributed by atoms with Gasteiger partial charge in [-0.25, -0.2) is 4.79 Å². The van der Waals surface area contributed by atoms with Crippen molar-refractivity contribution in [2.75, 3.05) is 7.11 Å². The van der Waals surface area contributed by atoms with E-state index in [1.54, 1.807) is 0 Å². The Labute approximate surface area is 221 Å². The van der Waals surface area contributed by atoms with Gasteiger partial charge in [-0.15, -0.1) is 0 Å². The molecule has 0 saturated carbocycles. The minimum absolute atomic E-state index is 0.333. The highest BCUT2D eigenvalue weighted by Gasteiger charge is 2.23. The fraction of sp³-hybridized carbons (Fsp3) is 0.0278. The summed E-state index contributed by atoms with van der Waals surface area (Å²) in [7, 11) is 1.44. The van der Waals surface area contributed by atoms with E-state index in [0.717, 1.165) is 27.8 Å². The zero-order chi connectivity index (χ0) is 25.6. The second-order valence-electron chi connectivity index (χ2n) is 9.63. The predicted octanol–water partition coefficient (Wildman–Crippen LogP) is 9.02. The molecule has 1 aliphatic rings. The van der Waals surface area contributed by atoms with Gasteiger partial charge in [0.05, 0.1) is 12.7 Å². The first-order chi connectivity index (χ1) is 18.7. The van der Waals surface area contributed by atoms with E-state index < -0.39 is 0 Å². The van der Waals surface area contributed by atoms with Crippen molar-refractivity contribution in [2.24, 2.45) is 0 Å². The number of carbonyl (C=O) groups is 1. The van der Waals surface area contributed by atoms with Crippen LogP contribution in [-0.4, -0.2) is 13.1 Å². The van der Waals surface area contributed by atoms with Gasteiger partial charge in [0.2, 0.25) is 0 Å². The van der Waals surface area contributed by atoms with Crippen LogP contribution in [0.25, 0.3) is 55.4 Å². The lowest BCUT2D eigenvalue weighted by Crippen LogP contribution is -2.06. The summed E-state index contributed by atoms with van der Waals surface area (Å²) in [6.45, 7) is 0. The van der Waals surface area contributed by atoms with E-state index in [1.165, 1.54) is 45.3 Å². The number of rotatable bonds is 4. The van der Waals surface area contributed by atoms with Gasteiger partial charge in [-0.1, -0.05) is 109 Å². The van der Waals surface area contributed by atoms with Crippen LogP contribution in [0.1, 0.15) is 27.0 Å². The molecule has 6 aromatic carbocycles. The molecule has 0 saturated heterocycles. The van der Waals surface area contributed by atoms with Crippen LogP contribution in [0.2, 0.25) is 0 Å². The summed E-state index contributed by atoms with van der Waals surface area (Å²) in [5, 5.41) is 4.80. The molecule has 0 fully saturated rings. The number of esters is 1. The summed E-state index contributed by atoms with van der Waals surface area (Å²) >= 11 is 0. The van der Waals surface area contributed by atoms with Crippen molar-refractivity contribution in [3.8, 4) is 22.3 Å². The third kappa shape index (κ3) is 3.46. The summed E-state index contributed by atoms with van der Waals surface area (Å²) < 4.78 is 5.20. The number of fused-ring (bicyclic) bond motifs is 1. The van der Waals surface area contributed by atoms with Gasteiger partial charge < -0.3 is 4.74 Å². The zero-order valence-corrected chi connectivity index (χ0v) is 20.9. The van der Waals surface area contributed by atoms with E-state index in [9.17, 15) is 4.79 Å². The van der Waals surface area contributed by atoms with Crippen LogP contribution in [0, 0.1) is 0 Å². The number of benzene rings is 6. The Bertz CT molecular complexity index is 1910. The van der Waals surface area contributed by atoms with Crippen molar-refractivity contribution in [3.63, 3.8) is 0 Å². The second kappa shape index (κ2) is 8.86. The average molecular weight is 489 g/mol. The summed E-state index contributed by atoms with van der Waals surface area (Å²) in [6, 6.07) is 42.2. The smallest absolute Gasteiger partial charge is 0.338 e. The van der Waals surface area contributed by atoms with E-state index in [1.807, 2.05) is 18.2 Å². The number of hydrogen-bond donors (Lipinski definition) is 0. The monoisotopic (exact) mass is 488 g/mol. The second-order valence-corrected chi connectivity index (χ2v) is 9.63. The molecule has 2 heteroatoms. The maximum atomic E-state index is 12.9. The van der Waals surface area contributed by atoms with E-state index in [2.05, 4.69) is 109 Å².